The Kier molecular flexibility index (Phi) is 8.02. The molecule has 1 aliphatic heterocycles. The Balaban J connectivity index is 1.33. The zero-order chi connectivity index (χ0) is 28.5. The smallest absolute Gasteiger partial charge is 0.218 e. The Labute approximate surface area is 235 Å². The summed E-state index contributed by atoms with van der Waals surface area (Å²) in [6.07, 6.45) is 7.71. The summed E-state index contributed by atoms with van der Waals surface area (Å²) >= 11 is 0. The number of carbonyl (C=O) groups excluding carboxylic acids is 1. The van der Waals surface area contributed by atoms with Crippen LogP contribution in [0.2, 0.25) is 0 Å². The molecule has 214 valence electrons. The number of hydrogen-bond acceptors (Lipinski definition) is 6. The van der Waals surface area contributed by atoms with Crippen LogP contribution in [0, 0.1) is 11.2 Å². The largest absolute Gasteiger partial charge is 0.471 e. The lowest BCUT2D eigenvalue weighted by Gasteiger charge is -2.47. The van der Waals surface area contributed by atoms with Gasteiger partial charge in [-0.05, 0) is 79.0 Å². The van der Waals surface area contributed by atoms with E-state index in [1.165, 1.54) is 19.3 Å². The molecule has 7 nitrogen and oxygen atoms in total. The van der Waals surface area contributed by atoms with Gasteiger partial charge in [-0.2, -0.15) is 0 Å². The van der Waals surface area contributed by atoms with Crippen LogP contribution in [0.4, 0.5) is 4.39 Å². The predicted molar refractivity (Wildman–Crippen MR) is 151 cm³/mol. The van der Waals surface area contributed by atoms with Gasteiger partial charge >= 0.3 is 0 Å². The number of carbonyl (C=O) groups is 1. The fraction of sp³-hybridized carbons (Fsp3) is 0.500. The quantitative estimate of drug-likeness (QED) is 0.326. The minimum absolute atomic E-state index is 0.0273. The number of nitrogens with one attached hydrogen (secondary N) is 2. The summed E-state index contributed by atoms with van der Waals surface area (Å²) in [6.45, 7) is 8.32. The number of ether oxygens (including phenoxy) is 1. The summed E-state index contributed by atoms with van der Waals surface area (Å²) in [5.41, 5.74) is 3.23. The van der Waals surface area contributed by atoms with Gasteiger partial charge < -0.3 is 24.9 Å². The minimum atomic E-state index is -0.879. The molecule has 1 aromatic carbocycles. The van der Waals surface area contributed by atoms with Crippen molar-refractivity contribution in [3.8, 4) is 17.2 Å². The lowest BCUT2D eigenvalue weighted by molar-refractivity contribution is -0.120. The molecule has 0 radical (unpaired) electrons. The Morgan fingerprint density at radius 2 is 2.02 bits per heavy atom. The first kappa shape index (κ1) is 28.3. The van der Waals surface area contributed by atoms with Crippen molar-refractivity contribution in [3.05, 3.63) is 71.4 Å². The number of fused-ring (bicyclic) bond motifs is 1. The minimum Gasteiger partial charge on any atom is -0.471 e. The van der Waals surface area contributed by atoms with Crippen LogP contribution < -0.4 is 15.4 Å². The second kappa shape index (κ2) is 11.3. The molecule has 1 spiro atoms. The van der Waals surface area contributed by atoms with Gasteiger partial charge in [0.25, 0.3) is 0 Å². The third-order valence-electron chi connectivity index (χ3n) is 7.90. The fourth-order valence-corrected chi connectivity index (χ4v) is 5.87. The van der Waals surface area contributed by atoms with Crippen LogP contribution >= 0.6 is 0 Å². The lowest BCUT2D eigenvalue weighted by Crippen LogP contribution is -2.52. The Morgan fingerprint density at radius 3 is 2.67 bits per heavy atom. The molecule has 1 fully saturated rings. The van der Waals surface area contributed by atoms with Crippen molar-refractivity contribution < 1.29 is 23.4 Å². The summed E-state index contributed by atoms with van der Waals surface area (Å²) in [4.78, 5) is 16.8. The molecule has 5 rings (SSSR count). The number of aromatic nitrogens is 1. The molecule has 3 atom stereocenters. The molecule has 0 saturated heterocycles. The van der Waals surface area contributed by atoms with Crippen LogP contribution in [0.1, 0.15) is 76.1 Å². The number of furan rings is 1. The average molecular weight is 550 g/mol. The highest BCUT2D eigenvalue weighted by atomic mass is 19.1. The van der Waals surface area contributed by atoms with Gasteiger partial charge in [-0.25, -0.2) is 9.37 Å². The molecule has 0 unspecified atom stereocenters. The summed E-state index contributed by atoms with van der Waals surface area (Å²) in [7, 11) is 0. The highest BCUT2D eigenvalue weighted by molar-refractivity contribution is 5.73. The molecule has 1 amide bonds. The summed E-state index contributed by atoms with van der Waals surface area (Å²) in [5.74, 6) is 0.476. The second-order valence-corrected chi connectivity index (χ2v) is 12.6. The lowest BCUT2D eigenvalue weighted by atomic mass is 9.73. The number of benzene rings is 1. The summed E-state index contributed by atoms with van der Waals surface area (Å²) in [6, 6.07) is 9.78. The number of aliphatic hydroxyl groups excluding tert-OH is 1. The zero-order valence-electron chi connectivity index (χ0n) is 23.8. The van der Waals surface area contributed by atoms with Crippen molar-refractivity contribution in [2.45, 2.75) is 90.0 Å². The summed E-state index contributed by atoms with van der Waals surface area (Å²) < 4.78 is 26.3. The SMILES string of the molecule is CC(=O)N[C@@H](Cc1ccc(F)c(-c2ccco2)c1)[C@H](O)CN[C@H]1CC2(CCC2)Oc2ncc(CC(C)(C)C)cc21. The number of hydrogen-bond donors (Lipinski definition) is 3. The van der Waals surface area contributed by atoms with Crippen molar-refractivity contribution in [2.24, 2.45) is 5.41 Å². The van der Waals surface area contributed by atoms with E-state index in [1.807, 2.05) is 6.20 Å². The van der Waals surface area contributed by atoms with Gasteiger partial charge in [0.1, 0.15) is 17.2 Å². The van der Waals surface area contributed by atoms with E-state index in [2.05, 4.69) is 37.5 Å². The van der Waals surface area contributed by atoms with Crippen molar-refractivity contribution in [1.29, 1.82) is 0 Å². The van der Waals surface area contributed by atoms with Crippen molar-refractivity contribution in [3.63, 3.8) is 0 Å². The number of nitrogens with zero attached hydrogens (tertiary/aromatic N) is 1. The first-order valence-corrected chi connectivity index (χ1v) is 14.2. The normalized spacial score (nSPS) is 19.3. The van der Waals surface area contributed by atoms with Crippen LogP contribution in [0.15, 0.2) is 53.3 Å². The van der Waals surface area contributed by atoms with E-state index >= 15 is 0 Å². The molecule has 0 bridgehead atoms. The van der Waals surface area contributed by atoms with Crippen LogP contribution in [0.5, 0.6) is 5.88 Å². The maximum atomic E-state index is 14.5. The third-order valence-corrected chi connectivity index (χ3v) is 7.90. The highest BCUT2D eigenvalue weighted by Gasteiger charge is 2.46. The van der Waals surface area contributed by atoms with Gasteiger partial charge in [0.05, 0.1) is 24.0 Å². The van der Waals surface area contributed by atoms with Gasteiger partial charge in [0.15, 0.2) is 0 Å². The van der Waals surface area contributed by atoms with E-state index in [4.69, 9.17) is 14.1 Å². The van der Waals surface area contributed by atoms with Gasteiger partial charge in [-0.3, -0.25) is 4.79 Å². The fourth-order valence-electron chi connectivity index (χ4n) is 5.87. The molecule has 40 heavy (non-hydrogen) atoms. The molecule has 3 N–H and O–H groups in total. The maximum Gasteiger partial charge on any atom is 0.218 e. The van der Waals surface area contributed by atoms with Crippen molar-refractivity contribution in [1.82, 2.24) is 15.6 Å². The third kappa shape index (κ3) is 6.56. The van der Waals surface area contributed by atoms with E-state index in [-0.39, 0.29) is 35.3 Å². The monoisotopic (exact) mass is 549 g/mol. The van der Waals surface area contributed by atoms with E-state index in [0.717, 1.165) is 48.8 Å². The standard InChI is InChI=1S/C32H40FN3O4/c1-20(37)36-26(15-21-8-9-25(33)23(13-21)29-7-5-12-39-29)28(38)19-34-27-17-32(10-6-11-32)40-30-24(27)14-22(18-35-30)16-31(2,3)4/h5,7-9,12-14,18,26-28,34,38H,6,10-11,15-17,19H2,1-4H3,(H,36,37)/t26-,27-,28+/m0/s1. The molecule has 8 heteroatoms. The number of aliphatic hydroxyl groups is 1. The Bertz CT molecular complexity index is 1330. The molecule has 1 aliphatic carbocycles. The highest BCUT2D eigenvalue weighted by Crippen LogP contribution is 2.48. The van der Waals surface area contributed by atoms with Crippen LogP contribution in [0.25, 0.3) is 11.3 Å². The Hall–Kier alpha value is -3.23. The maximum absolute atomic E-state index is 14.5. The van der Waals surface area contributed by atoms with E-state index in [1.54, 1.807) is 24.3 Å². The van der Waals surface area contributed by atoms with Gasteiger partial charge in [-0.15, -0.1) is 0 Å². The molecule has 1 saturated carbocycles. The summed E-state index contributed by atoms with van der Waals surface area (Å²) in [5, 5.41) is 17.8. The number of amides is 1. The van der Waals surface area contributed by atoms with E-state index in [0.29, 0.717) is 23.6 Å². The zero-order valence-corrected chi connectivity index (χ0v) is 23.8. The van der Waals surface area contributed by atoms with Crippen LogP contribution in [-0.4, -0.2) is 40.3 Å². The molecule has 3 aromatic rings. The Morgan fingerprint density at radius 1 is 1.23 bits per heavy atom. The van der Waals surface area contributed by atoms with Gasteiger partial charge in [0.2, 0.25) is 11.8 Å². The number of halogens is 1. The van der Waals surface area contributed by atoms with Crippen LogP contribution in [0.3, 0.4) is 0 Å². The topological polar surface area (TPSA) is 96.6 Å². The second-order valence-electron chi connectivity index (χ2n) is 12.6. The van der Waals surface area contributed by atoms with Crippen LogP contribution in [-0.2, 0) is 17.6 Å². The molecule has 2 aliphatic rings. The first-order valence-electron chi connectivity index (χ1n) is 14.2. The molecule has 3 heterocycles. The number of pyridine rings is 1. The molecular weight excluding hydrogens is 509 g/mol. The predicted octanol–water partition coefficient (Wildman–Crippen LogP) is 5.51. The first-order chi connectivity index (χ1) is 19.0. The van der Waals surface area contributed by atoms with E-state index in [9.17, 15) is 14.3 Å². The van der Waals surface area contributed by atoms with Gasteiger partial charge in [-0.1, -0.05) is 26.8 Å². The van der Waals surface area contributed by atoms with Crippen molar-refractivity contribution in [2.75, 3.05) is 6.54 Å². The van der Waals surface area contributed by atoms with Gasteiger partial charge in [0, 0.05) is 37.7 Å². The number of rotatable bonds is 9. The average Bonchev–Trinajstić information content (AvgIpc) is 3.40. The molecule has 2 aromatic heterocycles. The molecular formula is C32H40FN3O4. The van der Waals surface area contributed by atoms with Crippen molar-refractivity contribution >= 4 is 5.91 Å². The van der Waals surface area contributed by atoms with E-state index < -0.39 is 12.1 Å².